The molecule has 1 aliphatic rings. The number of benzene rings is 1. The fourth-order valence-electron chi connectivity index (χ4n) is 2.90. The predicted molar refractivity (Wildman–Crippen MR) is 75.8 cm³/mol. The highest BCUT2D eigenvalue weighted by Gasteiger charge is 2.26. The van der Waals surface area contributed by atoms with Crippen LogP contribution < -0.4 is 5.32 Å². The first-order chi connectivity index (χ1) is 10.2. The Hall–Kier alpha value is -1.92. The second-order valence-corrected chi connectivity index (χ2v) is 5.16. The molecular formula is C15H18N2O4. The normalized spacial score (nSPS) is 17.1. The van der Waals surface area contributed by atoms with E-state index in [-0.39, 0.29) is 25.2 Å². The Kier molecular flexibility index (Phi) is 3.90. The average molecular weight is 290 g/mol. The molecule has 3 rings (SSSR count). The third kappa shape index (κ3) is 2.64. The predicted octanol–water partition coefficient (Wildman–Crippen LogP) is 0.940. The number of aliphatic hydroxyl groups excluding tert-OH is 1. The van der Waals surface area contributed by atoms with Gasteiger partial charge in [0.1, 0.15) is 5.69 Å². The van der Waals surface area contributed by atoms with Crippen molar-refractivity contribution in [1.82, 2.24) is 10.5 Å². The molecule has 6 nitrogen and oxygen atoms in total. The Morgan fingerprint density at radius 3 is 3.14 bits per heavy atom. The average Bonchev–Trinajstić information content (AvgIpc) is 3.03. The second-order valence-electron chi connectivity index (χ2n) is 5.16. The molecule has 1 atom stereocenters. The molecule has 2 aromatic rings. The van der Waals surface area contributed by atoms with Crippen LogP contribution in [0.15, 0.2) is 16.7 Å². The zero-order valence-electron chi connectivity index (χ0n) is 11.9. The van der Waals surface area contributed by atoms with Gasteiger partial charge in [-0.2, -0.15) is 0 Å². The van der Waals surface area contributed by atoms with E-state index in [1.54, 1.807) is 6.92 Å². The maximum atomic E-state index is 11.6. The van der Waals surface area contributed by atoms with E-state index in [9.17, 15) is 4.79 Å². The van der Waals surface area contributed by atoms with E-state index in [0.29, 0.717) is 12.3 Å². The van der Waals surface area contributed by atoms with Gasteiger partial charge >= 0.3 is 5.97 Å². The number of aromatic nitrogens is 1. The van der Waals surface area contributed by atoms with Gasteiger partial charge in [-0.05, 0) is 31.4 Å². The maximum Gasteiger partial charge on any atom is 0.312 e. The van der Waals surface area contributed by atoms with Crippen molar-refractivity contribution >= 4 is 16.9 Å². The smallest absolute Gasteiger partial charge is 0.312 e. The number of hydrogen-bond acceptors (Lipinski definition) is 6. The summed E-state index contributed by atoms with van der Waals surface area (Å²) in [4.78, 5) is 11.6. The summed E-state index contributed by atoms with van der Waals surface area (Å²) in [6.07, 6.45) is 1.78. The lowest BCUT2D eigenvalue weighted by Crippen LogP contribution is -2.30. The quantitative estimate of drug-likeness (QED) is 0.630. The number of fused-ring (bicyclic) bond motifs is 3. The lowest BCUT2D eigenvalue weighted by molar-refractivity contribution is -0.142. The van der Waals surface area contributed by atoms with Crippen molar-refractivity contribution in [3.63, 3.8) is 0 Å². The van der Waals surface area contributed by atoms with Crippen LogP contribution in [0, 0.1) is 0 Å². The molecule has 0 saturated heterocycles. The first kappa shape index (κ1) is 14.0. The van der Waals surface area contributed by atoms with Crippen molar-refractivity contribution in [2.24, 2.45) is 0 Å². The van der Waals surface area contributed by atoms with E-state index in [2.05, 4.69) is 10.5 Å². The van der Waals surface area contributed by atoms with Crippen molar-refractivity contribution in [3.05, 3.63) is 29.0 Å². The minimum Gasteiger partial charge on any atom is -0.466 e. The molecule has 0 fully saturated rings. The van der Waals surface area contributed by atoms with Crippen molar-refractivity contribution in [2.45, 2.75) is 32.2 Å². The first-order valence-corrected chi connectivity index (χ1v) is 7.11. The number of carbonyl (C=O) groups is 1. The SMILES string of the molecule is CCOC(=O)Cc1noc2c3c(ccc12)CC(NCO)C3. The fraction of sp³-hybridized carbons (Fsp3) is 0.467. The molecule has 0 spiro atoms. The molecule has 0 radical (unpaired) electrons. The van der Waals surface area contributed by atoms with Crippen LogP contribution in [0.5, 0.6) is 0 Å². The van der Waals surface area contributed by atoms with Crippen LogP contribution in [0.2, 0.25) is 0 Å². The number of aliphatic hydroxyl groups is 1. The molecule has 1 aromatic carbocycles. The second kappa shape index (κ2) is 5.83. The van der Waals surface area contributed by atoms with E-state index in [0.717, 1.165) is 29.4 Å². The van der Waals surface area contributed by atoms with Gasteiger partial charge in [-0.3, -0.25) is 10.1 Å². The van der Waals surface area contributed by atoms with Crippen molar-refractivity contribution < 1.29 is 19.2 Å². The van der Waals surface area contributed by atoms with Crippen LogP contribution in [0.4, 0.5) is 0 Å². The summed E-state index contributed by atoms with van der Waals surface area (Å²) in [6, 6.07) is 4.21. The Balaban J connectivity index is 1.89. The molecule has 1 unspecified atom stereocenters. The molecule has 0 saturated carbocycles. The van der Waals surface area contributed by atoms with Crippen LogP contribution in [-0.2, 0) is 28.8 Å². The summed E-state index contributed by atoms with van der Waals surface area (Å²) >= 11 is 0. The topological polar surface area (TPSA) is 84.6 Å². The van der Waals surface area contributed by atoms with E-state index in [1.807, 2.05) is 12.1 Å². The highest BCUT2D eigenvalue weighted by atomic mass is 16.5. The van der Waals surface area contributed by atoms with Crippen LogP contribution in [-0.4, -0.2) is 35.6 Å². The van der Waals surface area contributed by atoms with Gasteiger partial charge in [0.2, 0.25) is 0 Å². The van der Waals surface area contributed by atoms with Gasteiger partial charge in [-0.1, -0.05) is 11.2 Å². The number of nitrogens with zero attached hydrogens (tertiary/aromatic N) is 1. The van der Waals surface area contributed by atoms with Crippen LogP contribution in [0.3, 0.4) is 0 Å². The number of nitrogens with one attached hydrogen (secondary N) is 1. The van der Waals surface area contributed by atoms with Gasteiger partial charge in [0, 0.05) is 17.0 Å². The third-order valence-electron chi connectivity index (χ3n) is 3.83. The molecule has 0 amide bonds. The number of ether oxygens (including phenoxy) is 1. The summed E-state index contributed by atoms with van der Waals surface area (Å²) in [5.41, 5.74) is 3.67. The molecule has 2 N–H and O–H groups in total. The van der Waals surface area contributed by atoms with Crippen LogP contribution in [0.1, 0.15) is 23.7 Å². The summed E-state index contributed by atoms with van der Waals surface area (Å²) in [6.45, 7) is 2.10. The largest absolute Gasteiger partial charge is 0.466 e. The monoisotopic (exact) mass is 290 g/mol. The first-order valence-electron chi connectivity index (χ1n) is 7.11. The fourth-order valence-corrected chi connectivity index (χ4v) is 2.90. The highest BCUT2D eigenvalue weighted by molar-refractivity contribution is 5.87. The third-order valence-corrected chi connectivity index (χ3v) is 3.83. The Bertz CT molecular complexity index is 665. The number of rotatable bonds is 5. The van der Waals surface area contributed by atoms with Crippen LogP contribution >= 0.6 is 0 Å². The minimum absolute atomic E-state index is 0.0354. The van der Waals surface area contributed by atoms with Crippen LogP contribution in [0.25, 0.3) is 11.0 Å². The Morgan fingerprint density at radius 2 is 2.38 bits per heavy atom. The molecule has 1 aromatic heterocycles. The highest BCUT2D eigenvalue weighted by Crippen LogP contribution is 2.31. The van der Waals surface area contributed by atoms with Gasteiger partial charge < -0.3 is 14.4 Å². The zero-order chi connectivity index (χ0) is 14.8. The van der Waals surface area contributed by atoms with E-state index in [4.69, 9.17) is 14.4 Å². The van der Waals surface area contributed by atoms with E-state index >= 15 is 0 Å². The van der Waals surface area contributed by atoms with Crippen molar-refractivity contribution in [3.8, 4) is 0 Å². The van der Waals surface area contributed by atoms with Gasteiger partial charge in [0.05, 0.1) is 19.8 Å². The molecule has 1 aliphatic carbocycles. The molecule has 0 bridgehead atoms. The van der Waals surface area contributed by atoms with Gasteiger partial charge in [-0.15, -0.1) is 0 Å². The number of carbonyl (C=O) groups excluding carboxylic acids is 1. The summed E-state index contributed by atoms with van der Waals surface area (Å²) in [5, 5.41) is 16.9. The molecule has 112 valence electrons. The molecule has 1 heterocycles. The molecular weight excluding hydrogens is 272 g/mol. The van der Waals surface area contributed by atoms with Crippen molar-refractivity contribution in [2.75, 3.05) is 13.3 Å². The number of esters is 1. The zero-order valence-corrected chi connectivity index (χ0v) is 11.9. The van der Waals surface area contributed by atoms with E-state index in [1.165, 1.54) is 5.56 Å². The molecule has 21 heavy (non-hydrogen) atoms. The molecule has 0 aliphatic heterocycles. The molecule has 6 heteroatoms. The minimum atomic E-state index is -0.298. The lowest BCUT2D eigenvalue weighted by atomic mass is 10.1. The van der Waals surface area contributed by atoms with E-state index < -0.39 is 0 Å². The van der Waals surface area contributed by atoms with Gasteiger partial charge in [-0.25, -0.2) is 0 Å². The number of hydrogen-bond donors (Lipinski definition) is 2. The lowest BCUT2D eigenvalue weighted by Gasteiger charge is -2.07. The van der Waals surface area contributed by atoms with Crippen molar-refractivity contribution in [1.29, 1.82) is 0 Å². The van der Waals surface area contributed by atoms with Gasteiger partial charge in [0.25, 0.3) is 0 Å². The summed E-state index contributed by atoms with van der Waals surface area (Å²) in [5.74, 6) is -0.298. The Labute approximate surface area is 122 Å². The summed E-state index contributed by atoms with van der Waals surface area (Å²) < 4.78 is 10.4. The van der Waals surface area contributed by atoms with Gasteiger partial charge in [0.15, 0.2) is 5.58 Å². The standard InChI is InChI=1S/C15H18N2O4/c1-2-20-14(19)7-13-11-4-3-9-5-10(16-8-18)6-12(9)15(11)21-17-13/h3-4,10,16,18H,2,5-8H2,1H3. The Morgan fingerprint density at radius 1 is 1.52 bits per heavy atom. The summed E-state index contributed by atoms with van der Waals surface area (Å²) in [7, 11) is 0. The maximum absolute atomic E-state index is 11.6.